The molecular weight excluding hydrogens is 285 g/mol. The zero-order valence-corrected chi connectivity index (χ0v) is 12.6. The van der Waals surface area contributed by atoms with Gasteiger partial charge in [0.1, 0.15) is 6.61 Å². The summed E-state index contributed by atoms with van der Waals surface area (Å²) >= 11 is 0. The molecule has 0 aromatic carbocycles. The van der Waals surface area contributed by atoms with Crippen molar-refractivity contribution in [2.45, 2.75) is 70.3 Å². The molecule has 1 aliphatic rings. The molecule has 3 N–H and O–H groups in total. The summed E-state index contributed by atoms with van der Waals surface area (Å²) in [6.07, 6.45) is -1.46. The average Bonchev–Trinajstić information content (AvgIpc) is 2.43. The molecule has 124 valence electrons. The summed E-state index contributed by atoms with van der Waals surface area (Å²) in [6, 6.07) is -0.731. The van der Waals surface area contributed by atoms with Crippen LogP contribution in [0, 0.1) is 5.92 Å². The van der Waals surface area contributed by atoms with Crippen molar-refractivity contribution in [1.82, 2.24) is 5.32 Å². The van der Waals surface area contributed by atoms with Gasteiger partial charge >= 0.3 is 6.18 Å². The van der Waals surface area contributed by atoms with E-state index >= 15 is 0 Å². The first-order chi connectivity index (χ1) is 9.73. The van der Waals surface area contributed by atoms with Crippen LogP contribution in [0.15, 0.2) is 0 Å². The van der Waals surface area contributed by atoms with Crippen LogP contribution in [0.25, 0.3) is 0 Å². The Hall–Kier alpha value is -0.820. The Morgan fingerprint density at radius 3 is 2.67 bits per heavy atom. The number of carbonyl (C=O) groups is 1. The molecule has 21 heavy (non-hydrogen) atoms. The fourth-order valence-electron chi connectivity index (χ4n) is 2.45. The van der Waals surface area contributed by atoms with E-state index in [0.717, 1.165) is 19.3 Å². The Morgan fingerprint density at radius 1 is 1.43 bits per heavy atom. The van der Waals surface area contributed by atoms with Gasteiger partial charge in [-0.05, 0) is 31.6 Å². The lowest BCUT2D eigenvalue weighted by Crippen LogP contribution is -2.50. The molecule has 4 atom stereocenters. The van der Waals surface area contributed by atoms with E-state index in [0.29, 0.717) is 12.8 Å². The Morgan fingerprint density at radius 2 is 2.10 bits per heavy atom. The van der Waals surface area contributed by atoms with E-state index in [2.05, 4.69) is 5.32 Å². The highest BCUT2D eigenvalue weighted by Gasteiger charge is 2.32. The predicted molar refractivity (Wildman–Crippen MR) is 73.6 cm³/mol. The van der Waals surface area contributed by atoms with E-state index in [1.165, 1.54) is 0 Å². The van der Waals surface area contributed by atoms with Gasteiger partial charge in [-0.1, -0.05) is 20.3 Å². The maximum atomic E-state index is 12.1. The molecule has 0 bridgehead atoms. The van der Waals surface area contributed by atoms with Crippen molar-refractivity contribution in [3.05, 3.63) is 0 Å². The summed E-state index contributed by atoms with van der Waals surface area (Å²) in [7, 11) is 0. The monoisotopic (exact) mass is 310 g/mol. The van der Waals surface area contributed by atoms with E-state index < -0.39 is 24.9 Å². The first kappa shape index (κ1) is 18.2. The lowest BCUT2D eigenvalue weighted by atomic mass is 9.92. The van der Waals surface area contributed by atoms with Crippen molar-refractivity contribution < 1.29 is 22.7 Å². The molecule has 1 aliphatic carbocycles. The number of hydrogen-bond donors (Lipinski definition) is 2. The number of amides is 1. The summed E-state index contributed by atoms with van der Waals surface area (Å²) in [5.74, 6) is -0.156. The number of carbonyl (C=O) groups excluding carboxylic acids is 1. The lowest BCUT2D eigenvalue weighted by Gasteiger charge is -2.31. The number of rotatable bonds is 6. The van der Waals surface area contributed by atoms with Crippen molar-refractivity contribution >= 4 is 5.91 Å². The molecule has 1 amide bonds. The van der Waals surface area contributed by atoms with Gasteiger partial charge in [0.15, 0.2) is 0 Å². The second kappa shape index (κ2) is 7.98. The van der Waals surface area contributed by atoms with Crippen LogP contribution in [-0.4, -0.2) is 36.9 Å². The van der Waals surface area contributed by atoms with Gasteiger partial charge in [0.25, 0.3) is 0 Å². The van der Waals surface area contributed by atoms with Gasteiger partial charge in [0.05, 0.1) is 12.1 Å². The SMILES string of the molecule is CC[C@H](C)[C@H](N)C(=O)NC1CCCC(OCC(F)(F)F)C1. The van der Waals surface area contributed by atoms with Crippen LogP contribution in [-0.2, 0) is 9.53 Å². The van der Waals surface area contributed by atoms with E-state index in [1.807, 2.05) is 13.8 Å². The summed E-state index contributed by atoms with van der Waals surface area (Å²) < 4.78 is 41.3. The Balaban J connectivity index is 2.40. The van der Waals surface area contributed by atoms with E-state index in [-0.39, 0.29) is 17.9 Å². The zero-order valence-electron chi connectivity index (χ0n) is 12.6. The van der Waals surface area contributed by atoms with Crippen molar-refractivity contribution in [3.63, 3.8) is 0 Å². The van der Waals surface area contributed by atoms with E-state index in [9.17, 15) is 18.0 Å². The van der Waals surface area contributed by atoms with Gasteiger partial charge in [-0.15, -0.1) is 0 Å². The number of hydrogen-bond acceptors (Lipinski definition) is 3. The van der Waals surface area contributed by atoms with Crippen LogP contribution < -0.4 is 11.1 Å². The predicted octanol–water partition coefficient (Wildman–Crippen LogP) is 2.37. The minimum absolute atomic E-state index is 0.0749. The number of nitrogens with one attached hydrogen (secondary N) is 1. The molecule has 0 saturated heterocycles. The molecule has 1 rings (SSSR count). The standard InChI is InChI=1S/C14H25F3N2O2/c1-3-9(2)12(18)13(20)19-10-5-4-6-11(7-10)21-8-14(15,16)17/h9-12H,3-8,18H2,1-2H3,(H,19,20)/t9-,10?,11?,12-/m0/s1. The lowest BCUT2D eigenvalue weighted by molar-refractivity contribution is -0.188. The van der Waals surface area contributed by atoms with Gasteiger partial charge < -0.3 is 15.8 Å². The Labute approximate surface area is 123 Å². The highest BCUT2D eigenvalue weighted by molar-refractivity contribution is 5.82. The molecule has 0 radical (unpaired) electrons. The molecule has 4 nitrogen and oxygen atoms in total. The van der Waals surface area contributed by atoms with Crippen LogP contribution in [0.3, 0.4) is 0 Å². The van der Waals surface area contributed by atoms with Gasteiger partial charge in [0, 0.05) is 6.04 Å². The quantitative estimate of drug-likeness (QED) is 0.791. The molecule has 0 aliphatic heterocycles. The van der Waals surface area contributed by atoms with Crippen molar-refractivity contribution in [3.8, 4) is 0 Å². The van der Waals surface area contributed by atoms with Crippen molar-refractivity contribution in [2.24, 2.45) is 11.7 Å². The molecule has 0 spiro atoms. The number of halogens is 3. The van der Waals surface area contributed by atoms with E-state index in [4.69, 9.17) is 10.5 Å². The molecule has 0 aromatic heterocycles. The fraction of sp³-hybridized carbons (Fsp3) is 0.929. The van der Waals surface area contributed by atoms with Gasteiger partial charge in [-0.25, -0.2) is 0 Å². The zero-order chi connectivity index (χ0) is 16.0. The van der Waals surface area contributed by atoms with Crippen LogP contribution in [0.4, 0.5) is 13.2 Å². The minimum atomic E-state index is -4.31. The minimum Gasteiger partial charge on any atom is -0.369 e. The molecule has 2 unspecified atom stereocenters. The Kier molecular flexibility index (Phi) is 6.93. The van der Waals surface area contributed by atoms with Crippen LogP contribution in [0.5, 0.6) is 0 Å². The second-order valence-corrected chi connectivity index (χ2v) is 5.83. The summed E-state index contributed by atoms with van der Waals surface area (Å²) in [5, 5.41) is 2.84. The molecule has 0 heterocycles. The first-order valence-corrected chi connectivity index (χ1v) is 7.47. The third-order valence-corrected chi connectivity index (χ3v) is 4.01. The molecule has 0 aromatic rings. The van der Waals surface area contributed by atoms with Crippen molar-refractivity contribution in [1.29, 1.82) is 0 Å². The first-order valence-electron chi connectivity index (χ1n) is 7.47. The number of alkyl halides is 3. The second-order valence-electron chi connectivity index (χ2n) is 5.83. The van der Waals surface area contributed by atoms with Gasteiger partial charge in [-0.2, -0.15) is 13.2 Å². The van der Waals surface area contributed by atoms with Gasteiger partial charge in [0.2, 0.25) is 5.91 Å². The summed E-state index contributed by atoms with van der Waals surface area (Å²) in [5.41, 5.74) is 5.85. The third kappa shape index (κ3) is 6.65. The molecule has 7 heteroatoms. The van der Waals surface area contributed by atoms with Gasteiger partial charge in [-0.3, -0.25) is 4.79 Å². The van der Waals surface area contributed by atoms with E-state index in [1.54, 1.807) is 0 Å². The highest BCUT2D eigenvalue weighted by Crippen LogP contribution is 2.24. The maximum absolute atomic E-state index is 12.1. The Bertz CT molecular complexity index is 337. The normalized spacial score (nSPS) is 26.2. The summed E-state index contributed by atoms with van der Waals surface area (Å²) in [6.45, 7) is 2.63. The molecule has 1 saturated carbocycles. The van der Waals surface area contributed by atoms with Crippen LogP contribution >= 0.6 is 0 Å². The highest BCUT2D eigenvalue weighted by atomic mass is 19.4. The largest absolute Gasteiger partial charge is 0.411 e. The molecular formula is C14H25F3N2O2. The van der Waals surface area contributed by atoms with Crippen LogP contribution in [0.2, 0.25) is 0 Å². The third-order valence-electron chi connectivity index (χ3n) is 4.01. The smallest absolute Gasteiger partial charge is 0.369 e. The number of nitrogens with two attached hydrogens (primary N) is 1. The van der Waals surface area contributed by atoms with Crippen LogP contribution in [0.1, 0.15) is 46.0 Å². The topological polar surface area (TPSA) is 64.4 Å². The maximum Gasteiger partial charge on any atom is 0.411 e. The molecule has 1 fully saturated rings. The number of ether oxygens (including phenoxy) is 1. The average molecular weight is 310 g/mol. The van der Waals surface area contributed by atoms with Crippen molar-refractivity contribution in [2.75, 3.05) is 6.61 Å². The summed E-state index contributed by atoms with van der Waals surface area (Å²) in [4.78, 5) is 12.0. The fourth-order valence-corrected chi connectivity index (χ4v) is 2.45.